The monoisotopic (exact) mass is 320 g/mol. The van der Waals surface area contributed by atoms with Crippen molar-refractivity contribution >= 4 is 37.8 Å². The van der Waals surface area contributed by atoms with Crippen LogP contribution in [0.4, 0.5) is 0 Å². The molecule has 1 aromatic rings. The average Bonchev–Trinajstić information content (AvgIpc) is 2.14. The third kappa shape index (κ3) is 3.80. The van der Waals surface area contributed by atoms with Crippen LogP contribution in [-0.2, 0) is 11.2 Å². The van der Waals surface area contributed by atoms with E-state index in [9.17, 15) is 4.79 Å². The molecule has 0 fully saturated rings. The van der Waals surface area contributed by atoms with Gasteiger partial charge in [0, 0.05) is 4.47 Å². The second-order valence-corrected chi connectivity index (χ2v) is 5.00. The van der Waals surface area contributed by atoms with Gasteiger partial charge in [0.25, 0.3) is 0 Å². The zero-order valence-electron chi connectivity index (χ0n) is 7.41. The van der Waals surface area contributed by atoms with Gasteiger partial charge in [-0.15, -0.1) is 0 Å². The predicted octanol–water partition coefficient (Wildman–Crippen LogP) is 3.23. The summed E-state index contributed by atoms with van der Waals surface area (Å²) in [4.78, 5) is 10.1. The first-order chi connectivity index (χ1) is 6.59. The Morgan fingerprint density at radius 2 is 2.21 bits per heavy atom. The molecule has 0 saturated heterocycles. The number of carbonyl (C=O) groups is 1. The highest BCUT2D eigenvalue weighted by Gasteiger charge is 2.12. The van der Waals surface area contributed by atoms with Gasteiger partial charge < -0.3 is 5.11 Å². The van der Waals surface area contributed by atoms with E-state index in [-0.39, 0.29) is 0 Å². The first-order valence-electron chi connectivity index (χ1n) is 4.21. The lowest BCUT2D eigenvalue weighted by atomic mass is 10.1. The summed E-state index contributed by atoms with van der Waals surface area (Å²) in [5.74, 6) is -0.806. The number of halogens is 2. The van der Waals surface area contributed by atoms with Crippen molar-refractivity contribution in [1.82, 2.24) is 0 Å². The van der Waals surface area contributed by atoms with Gasteiger partial charge in [-0.05, 0) is 30.5 Å². The van der Waals surface area contributed by atoms with E-state index in [4.69, 9.17) is 5.11 Å². The molecule has 0 amide bonds. The summed E-state index contributed by atoms with van der Waals surface area (Å²) in [5.41, 5.74) is 1.14. The van der Waals surface area contributed by atoms with Crippen LogP contribution in [0.15, 0.2) is 28.7 Å². The van der Waals surface area contributed by atoms with E-state index in [1.54, 1.807) is 0 Å². The van der Waals surface area contributed by atoms with Gasteiger partial charge in [-0.2, -0.15) is 0 Å². The van der Waals surface area contributed by atoms with Crippen molar-refractivity contribution in [3.8, 4) is 0 Å². The van der Waals surface area contributed by atoms with Gasteiger partial charge in [0.05, 0.1) is 0 Å². The molecule has 0 aliphatic rings. The molecule has 4 heteroatoms. The van der Waals surface area contributed by atoms with Gasteiger partial charge in [-0.1, -0.05) is 44.0 Å². The lowest BCUT2D eigenvalue weighted by Gasteiger charge is -2.04. The van der Waals surface area contributed by atoms with Crippen LogP contribution >= 0.6 is 31.9 Å². The molecule has 0 spiro atoms. The summed E-state index contributed by atoms with van der Waals surface area (Å²) >= 11 is 6.48. The summed E-state index contributed by atoms with van der Waals surface area (Å²) in [6.07, 6.45) is 1.37. The standard InChI is InChI=1S/C10H10Br2O2/c11-8-3-1-2-7(6-8)4-5-9(12)10(13)14/h1-3,6,9H,4-5H2,(H,13,14). The van der Waals surface area contributed by atoms with E-state index in [2.05, 4.69) is 31.9 Å². The number of rotatable bonds is 4. The van der Waals surface area contributed by atoms with Crippen LogP contribution in [0.3, 0.4) is 0 Å². The highest BCUT2D eigenvalue weighted by atomic mass is 79.9. The van der Waals surface area contributed by atoms with Gasteiger partial charge in [-0.25, -0.2) is 0 Å². The fourth-order valence-electron chi connectivity index (χ4n) is 1.11. The number of alkyl halides is 1. The van der Waals surface area contributed by atoms with Crippen LogP contribution in [-0.4, -0.2) is 15.9 Å². The first-order valence-corrected chi connectivity index (χ1v) is 5.92. The molecule has 0 bridgehead atoms. The van der Waals surface area contributed by atoms with Crippen LogP contribution in [0.2, 0.25) is 0 Å². The molecule has 0 aromatic heterocycles. The summed E-state index contributed by atoms with van der Waals surface area (Å²) in [7, 11) is 0. The zero-order chi connectivity index (χ0) is 10.6. The number of aryl methyl sites for hydroxylation is 1. The maximum atomic E-state index is 10.5. The molecular weight excluding hydrogens is 312 g/mol. The third-order valence-electron chi connectivity index (χ3n) is 1.84. The van der Waals surface area contributed by atoms with Gasteiger partial charge in [0.15, 0.2) is 0 Å². The van der Waals surface area contributed by atoms with Gasteiger partial charge in [0.2, 0.25) is 0 Å². The Kier molecular flexibility index (Phi) is 4.62. The summed E-state index contributed by atoms with van der Waals surface area (Å²) < 4.78 is 1.02. The Morgan fingerprint density at radius 3 is 2.79 bits per heavy atom. The number of aliphatic carboxylic acids is 1. The maximum Gasteiger partial charge on any atom is 0.317 e. The molecule has 0 radical (unpaired) electrons. The normalized spacial score (nSPS) is 12.4. The molecule has 1 rings (SSSR count). The van der Waals surface area contributed by atoms with E-state index in [0.29, 0.717) is 6.42 Å². The quantitative estimate of drug-likeness (QED) is 0.864. The van der Waals surface area contributed by atoms with E-state index < -0.39 is 10.8 Å². The predicted molar refractivity (Wildman–Crippen MR) is 62.8 cm³/mol. The molecule has 0 aliphatic heterocycles. The van der Waals surface area contributed by atoms with Crippen molar-refractivity contribution in [3.05, 3.63) is 34.3 Å². The lowest BCUT2D eigenvalue weighted by Crippen LogP contribution is -2.13. The second kappa shape index (κ2) is 5.51. The molecule has 1 unspecified atom stereocenters. The van der Waals surface area contributed by atoms with Gasteiger partial charge in [-0.3, -0.25) is 4.79 Å². The van der Waals surface area contributed by atoms with Crippen LogP contribution in [0, 0.1) is 0 Å². The Balaban J connectivity index is 2.49. The zero-order valence-corrected chi connectivity index (χ0v) is 10.6. The SMILES string of the molecule is O=C(O)C(Br)CCc1cccc(Br)c1. The summed E-state index contributed by atoms with van der Waals surface area (Å²) in [5, 5.41) is 8.66. The molecular formula is C10H10Br2O2. The minimum Gasteiger partial charge on any atom is -0.480 e. The molecule has 1 aromatic carbocycles. The molecule has 0 heterocycles. The largest absolute Gasteiger partial charge is 0.480 e. The van der Waals surface area contributed by atoms with Crippen LogP contribution < -0.4 is 0 Å². The summed E-state index contributed by atoms with van der Waals surface area (Å²) in [6, 6.07) is 7.89. The number of hydrogen-bond acceptors (Lipinski definition) is 1. The summed E-state index contributed by atoms with van der Waals surface area (Å²) in [6.45, 7) is 0. The smallest absolute Gasteiger partial charge is 0.317 e. The number of carboxylic acid groups (broad SMARTS) is 1. The number of benzene rings is 1. The minimum absolute atomic E-state index is 0.457. The average molecular weight is 322 g/mol. The van der Waals surface area contributed by atoms with Crippen molar-refractivity contribution in [3.63, 3.8) is 0 Å². The molecule has 0 saturated carbocycles. The van der Waals surface area contributed by atoms with Crippen LogP contribution in [0.1, 0.15) is 12.0 Å². The lowest BCUT2D eigenvalue weighted by molar-refractivity contribution is -0.136. The van der Waals surface area contributed by atoms with Crippen molar-refractivity contribution < 1.29 is 9.90 Å². The van der Waals surface area contributed by atoms with Crippen molar-refractivity contribution in [2.45, 2.75) is 17.7 Å². The first kappa shape index (κ1) is 11.7. The fraction of sp³-hybridized carbons (Fsp3) is 0.300. The van der Waals surface area contributed by atoms with E-state index in [0.717, 1.165) is 16.5 Å². The molecule has 1 N–H and O–H groups in total. The van der Waals surface area contributed by atoms with Crippen LogP contribution in [0.25, 0.3) is 0 Å². The van der Waals surface area contributed by atoms with Crippen molar-refractivity contribution in [2.75, 3.05) is 0 Å². The van der Waals surface area contributed by atoms with Crippen molar-refractivity contribution in [1.29, 1.82) is 0 Å². The van der Waals surface area contributed by atoms with Gasteiger partial charge >= 0.3 is 5.97 Å². The second-order valence-electron chi connectivity index (χ2n) is 2.97. The topological polar surface area (TPSA) is 37.3 Å². The molecule has 0 aliphatic carbocycles. The highest BCUT2D eigenvalue weighted by Crippen LogP contribution is 2.15. The Labute approximate surface area is 99.6 Å². The van der Waals surface area contributed by atoms with E-state index in [1.807, 2.05) is 24.3 Å². The Bertz CT molecular complexity index is 326. The van der Waals surface area contributed by atoms with E-state index in [1.165, 1.54) is 0 Å². The molecule has 1 atom stereocenters. The third-order valence-corrected chi connectivity index (χ3v) is 3.19. The number of carboxylic acids is 1. The minimum atomic E-state index is -0.806. The Hall–Kier alpha value is -0.350. The molecule has 76 valence electrons. The van der Waals surface area contributed by atoms with Crippen LogP contribution in [0.5, 0.6) is 0 Å². The molecule has 2 nitrogen and oxygen atoms in total. The Morgan fingerprint density at radius 1 is 1.50 bits per heavy atom. The highest BCUT2D eigenvalue weighted by molar-refractivity contribution is 9.10. The fourth-order valence-corrected chi connectivity index (χ4v) is 1.78. The van der Waals surface area contributed by atoms with E-state index >= 15 is 0 Å². The maximum absolute atomic E-state index is 10.5. The van der Waals surface area contributed by atoms with Crippen molar-refractivity contribution in [2.24, 2.45) is 0 Å². The van der Waals surface area contributed by atoms with Gasteiger partial charge in [0.1, 0.15) is 4.83 Å². The molecule has 14 heavy (non-hydrogen) atoms. The number of hydrogen-bond donors (Lipinski definition) is 1.